The van der Waals surface area contributed by atoms with Crippen molar-refractivity contribution in [2.45, 2.75) is 90.6 Å². The summed E-state index contributed by atoms with van der Waals surface area (Å²) in [6.07, 6.45) is 12.8. The van der Waals surface area contributed by atoms with Gasteiger partial charge in [-0.3, -0.25) is 4.79 Å². The molecule has 1 spiro atoms. The van der Waals surface area contributed by atoms with Crippen LogP contribution in [0.25, 0.3) is 17.0 Å². The Kier molecular flexibility index (Phi) is 12.7. The summed E-state index contributed by atoms with van der Waals surface area (Å²) in [6, 6.07) is 14.9. The van der Waals surface area contributed by atoms with Gasteiger partial charge in [0.2, 0.25) is 5.91 Å². The molecule has 0 aliphatic carbocycles. The zero-order chi connectivity index (χ0) is 36.7. The maximum atomic E-state index is 12.8. The number of benzene rings is 2. The lowest BCUT2D eigenvalue weighted by atomic mass is 9.72. The average Bonchev–Trinajstić information content (AvgIpc) is 3.51. The number of piperidine rings is 2. The van der Waals surface area contributed by atoms with E-state index in [9.17, 15) is 19.8 Å². The fraction of sp³-hybridized carbons (Fsp3) is 0.571. The molecule has 3 fully saturated rings. The third-order valence-electron chi connectivity index (χ3n) is 11.3. The van der Waals surface area contributed by atoms with E-state index in [1.54, 1.807) is 0 Å². The molecular formula is C42H59N5O5. The maximum absolute atomic E-state index is 12.8. The lowest BCUT2D eigenvalue weighted by molar-refractivity contribution is -0.140. The van der Waals surface area contributed by atoms with Crippen LogP contribution in [-0.2, 0) is 16.0 Å². The Bertz CT molecular complexity index is 1680. The van der Waals surface area contributed by atoms with E-state index in [0.717, 1.165) is 63.9 Å². The van der Waals surface area contributed by atoms with Crippen LogP contribution >= 0.6 is 0 Å². The number of aromatic nitrogens is 1. The predicted molar refractivity (Wildman–Crippen MR) is 206 cm³/mol. The van der Waals surface area contributed by atoms with Crippen molar-refractivity contribution >= 4 is 28.9 Å². The van der Waals surface area contributed by atoms with Crippen molar-refractivity contribution in [3.05, 3.63) is 77.0 Å². The van der Waals surface area contributed by atoms with Crippen LogP contribution in [0, 0.1) is 18.3 Å². The Hall–Kier alpha value is -3.70. The summed E-state index contributed by atoms with van der Waals surface area (Å²) < 4.78 is 8.33. The molecule has 0 radical (unpaired) electrons. The summed E-state index contributed by atoms with van der Waals surface area (Å²) in [6.45, 7) is 11.6. The lowest BCUT2D eigenvalue weighted by Crippen LogP contribution is -2.52. The number of amides is 3. The van der Waals surface area contributed by atoms with Crippen molar-refractivity contribution in [1.29, 1.82) is 0 Å². The molecule has 3 aliphatic heterocycles. The van der Waals surface area contributed by atoms with Crippen LogP contribution < -0.4 is 10.6 Å². The molecule has 3 aliphatic rings. The molecule has 0 bridgehead atoms. The highest BCUT2D eigenvalue weighted by Crippen LogP contribution is 2.40. The van der Waals surface area contributed by atoms with Crippen LogP contribution in [0.3, 0.4) is 0 Å². The minimum atomic E-state index is -0.494. The number of nitrogens with one attached hydrogen (secondary N) is 2. The smallest absolute Gasteiger partial charge is 0.315 e. The number of aliphatic hydroxyl groups excluding tert-OH is 2. The SMILES string of the molecule is Cc1cccc2c1c(Cc1ccc(/C=C/CCN3CCCC4(CCN(C(=O)CNC(=O)NCC(C)C)CC4)C3)cc1)cn2C1CC(O)CC(CO)O1. The van der Waals surface area contributed by atoms with Crippen LogP contribution in [0.4, 0.5) is 4.79 Å². The van der Waals surface area contributed by atoms with E-state index in [0.29, 0.717) is 25.3 Å². The number of aryl methyl sites for hydroxylation is 1. The van der Waals surface area contributed by atoms with Crippen LogP contribution in [0.5, 0.6) is 0 Å². The first-order valence-corrected chi connectivity index (χ1v) is 19.4. The Morgan fingerprint density at radius 1 is 1.04 bits per heavy atom. The zero-order valence-electron chi connectivity index (χ0n) is 31.4. The number of aliphatic hydroxyl groups is 2. The number of ether oxygens (including phenoxy) is 1. The molecule has 4 N–H and O–H groups in total. The number of carbonyl (C=O) groups is 2. The largest absolute Gasteiger partial charge is 0.394 e. The highest BCUT2D eigenvalue weighted by molar-refractivity contribution is 5.87. The Morgan fingerprint density at radius 3 is 2.58 bits per heavy atom. The number of hydrogen-bond acceptors (Lipinski definition) is 6. The third kappa shape index (κ3) is 9.64. The first kappa shape index (κ1) is 38.0. The Balaban J connectivity index is 0.974. The van der Waals surface area contributed by atoms with Gasteiger partial charge in [-0.15, -0.1) is 0 Å². The summed E-state index contributed by atoms with van der Waals surface area (Å²) in [5, 5.41) is 26.9. The van der Waals surface area contributed by atoms with Crippen LogP contribution in [-0.4, -0.2) is 101 Å². The maximum Gasteiger partial charge on any atom is 0.315 e. The summed E-state index contributed by atoms with van der Waals surface area (Å²) >= 11 is 0. The van der Waals surface area contributed by atoms with Crippen molar-refractivity contribution in [2.24, 2.45) is 11.3 Å². The molecule has 52 heavy (non-hydrogen) atoms. The number of likely N-dealkylation sites (tertiary alicyclic amines) is 2. The molecule has 3 amide bonds. The molecule has 1 aromatic heterocycles. The number of fused-ring (bicyclic) bond motifs is 1. The molecule has 3 atom stereocenters. The topological polar surface area (TPSA) is 119 Å². The van der Waals surface area contributed by atoms with Gasteiger partial charge in [-0.1, -0.05) is 62.4 Å². The molecule has 3 saturated heterocycles. The van der Waals surface area contributed by atoms with Gasteiger partial charge in [-0.25, -0.2) is 4.79 Å². The summed E-state index contributed by atoms with van der Waals surface area (Å²) in [4.78, 5) is 29.3. The van der Waals surface area contributed by atoms with Gasteiger partial charge >= 0.3 is 6.03 Å². The van der Waals surface area contributed by atoms with Gasteiger partial charge in [0.15, 0.2) is 0 Å². The first-order chi connectivity index (χ1) is 25.1. The van der Waals surface area contributed by atoms with E-state index in [4.69, 9.17) is 4.74 Å². The zero-order valence-corrected chi connectivity index (χ0v) is 31.4. The van der Waals surface area contributed by atoms with Crippen LogP contribution in [0.1, 0.15) is 87.3 Å². The predicted octanol–water partition coefficient (Wildman–Crippen LogP) is 5.63. The number of rotatable bonds is 12. The Labute approximate surface area is 309 Å². The number of urea groups is 1. The molecule has 4 heterocycles. The van der Waals surface area contributed by atoms with Crippen molar-refractivity contribution < 1.29 is 24.5 Å². The van der Waals surface area contributed by atoms with E-state index >= 15 is 0 Å². The normalized spacial score (nSPS) is 22.4. The van der Waals surface area contributed by atoms with Crippen molar-refractivity contribution in [1.82, 2.24) is 25.0 Å². The Morgan fingerprint density at radius 2 is 1.83 bits per heavy atom. The van der Waals surface area contributed by atoms with Gasteiger partial charge in [-0.05, 0) is 91.6 Å². The van der Waals surface area contributed by atoms with Crippen LogP contribution in [0.2, 0.25) is 0 Å². The van der Waals surface area contributed by atoms with Crippen molar-refractivity contribution in [2.75, 3.05) is 52.4 Å². The molecule has 3 aromatic rings. The third-order valence-corrected chi connectivity index (χ3v) is 11.3. The fourth-order valence-corrected chi connectivity index (χ4v) is 8.43. The van der Waals surface area contributed by atoms with Crippen molar-refractivity contribution in [3.63, 3.8) is 0 Å². The second-order valence-electron chi connectivity index (χ2n) is 15.9. The summed E-state index contributed by atoms with van der Waals surface area (Å²) in [5.74, 6) is 0.377. The van der Waals surface area contributed by atoms with Gasteiger partial charge in [0, 0.05) is 57.1 Å². The highest BCUT2D eigenvalue weighted by Gasteiger charge is 2.39. The van der Waals surface area contributed by atoms with Crippen LogP contribution in [0.15, 0.2) is 54.7 Å². The lowest BCUT2D eigenvalue weighted by Gasteiger charge is -2.47. The van der Waals surface area contributed by atoms with Gasteiger partial charge in [-0.2, -0.15) is 0 Å². The highest BCUT2D eigenvalue weighted by atomic mass is 16.5. The van der Waals surface area contributed by atoms with E-state index in [2.05, 4.69) is 87.8 Å². The first-order valence-electron chi connectivity index (χ1n) is 19.4. The average molecular weight is 714 g/mol. The molecule has 10 heteroatoms. The molecule has 10 nitrogen and oxygen atoms in total. The monoisotopic (exact) mass is 713 g/mol. The molecule has 282 valence electrons. The minimum Gasteiger partial charge on any atom is -0.394 e. The molecule has 2 aromatic carbocycles. The standard InChI is InChI=1S/C42H59N5O5/c1-30(2)25-43-41(51)44-26-38(50)46-20-16-42(17-21-46)15-7-19-45(29-42)18-5-4-9-32-11-13-33(14-12-32)22-34-27-47(37-10-6-8-31(3)40(34)37)39-24-35(49)23-36(28-48)52-39/h4,6,8-14,27,30,35-36,39,48-49H,5,7,15-26,28-29H2,1-3H3,(H2,43,44,51)/b9-4+. The minimum absolute atomic E-state index is 0.00644. The molecular weight excluding hydrogens is 654 g/mol. The summed E-state index contributed by atoms with van der Waals surface area (Å²) in [7, 11) is 0. The molecule has 0 saturated carbocycles. The molecule has 6 rings (SSSR count). The second kappa shape index (κ2) is 17.4. The van der Waals surface area contributed by atoms with E-state index < -0.39 is 6.10 Å². The van der Waals surface area contributed by atoms with Gasteiger partial charge < -0.3 is 40.0 Å². The number of hydrogen-bond donors (Lipinski definition) is 4. The number of nitrogens with zero attached hydrogens (tertiary/aromatic N) is 3. The van der Waals surface area contributed by atoms with Gasteiger partial charge in [0.25, 0.3) is 0 Å². The number of carbonyl (C=O) groups excluding carboxylic acids is 2. The van der Waals surface area contributed by atoms with E-state index in [-0.39, 0.29) is 42.8 Å². The van der Waals surface area contributed by atoms with Gasteiger partial charge in [0.05, 0.1) is 30.9 Å². The second-order valence-corrected chi connectivity index (χ2v) is 15.9. The van der Waals surface area contributed by atoms with E-state index in [1.165, 1.54) is 40.5 Å². The molecule has 3 unspecified atom stereocenters. The van der Waals surface area contributed by atoms with Crippen molar-refractivity contribution in [3.8, 4) is 0 Å². The summed E-state index contributed by atoms with van der Waals surface area (Å²) in [5.41, 5.74) is 6.27. The van der Waals surface area contributed by atoms with E-state index in [1.807, 2.05) is 18.7 Å². The fourth-order valence-electron chi connectivity index (χ4n) is 8.43. The van der Waals surface area contributed by atoms with Gasteiger partial charge in [0.1, 0.15) is 6.23 Å². The quantitative estimate of drug-likeness (QED) is 0.193.